The highest BCUT2D eigenvalue weighted by Gasteiger charge is 2.18. The molecule has 0 fully saturated rings. The van der Waals surface area contributed by atoms with Gasteiger partial charge in [-0.15, -0.1) is 0 Å². The van der Waals surface area contributed by atoms with Crippen molar-refractivity contribution in [1.82, 2.24) is 9.97 Å². The maximum atomic E-state index is 13.7. The molecule has 0 spiro atoms. The number of nitrogens with zero attached hydrogens (tertiary/aromatic N) is 2. The monoisotopic (exact) mass is 331 g/mol. The third kappa shape index (κ3) is 4.07. The lowest BCUT2D eigenvalue weighted by Crippen LogP contribution is -2.23. The van der Waals surface area contributed by atoms with Gasteiger partial charge < -0.3 is 10.1 Å². The number of ether oxygens (including phenoxy) is 1. The van der Waals surface area contributed by atoms with Gasteiger partial charge >= 0.3 is 6.01 Å². The van der Waals surface area contributed by atoms with Gasteiger partial charge in [-0.3, -0.25) is 4.79 Å². The number of anilines is 1. The first kappa shape index (κ1) is 17.8. The SMILES string of the molecule is CCC(CC)C(=O)Nc1c(C)nc(Oc2ccccc2F)nc1C. The fourth-order valence-electron chi connectivity index (χ4n) is 2.42. The van der Waals surface area contributed by atoms with Crippen LogP contribution in [0.5, 0.6) is 11.8 Å². The number of hydrogen-bond acceptors (Lipinski definition) is 4. The number of benzene rings is 1. The number of nitrogens with one attached hydrogen (secondary N) is 1. The summed E-state index contributed by atoms with van der Waals surface area (Å²) < 4.78 is 19.1. The van der Waals surface area contributed by atoms with Crippen molar-refractivity contribution in [2.75, 3.05) is 5.32 Å². The number of para-hydroxylation sites is 1. The van der Waals surface area contributed by atoms with E-state index >= 15 is 0 Å². The van der Waals surface area contributed by atoms with E-state index in [9.17, 15) is 9.18 Å². The van der Waals surface area contributed by atoms with E-state index < -0.39 is 5.82 Å². The molecule has 2 aromatic rings. The Morgan fingerprint density at radius 1 is 1.17 bits per heavy atom. The fourth-order valence-corrected chi connectivity index (χ4v) is 2.42. The van der Waals surface area contributed by atoms with Crippen LogP contribution in [-0.4, -0.2) is 15.9 Å². The fraction of sp³-hybridized carbons (Fsp3) is 0.389. The minimum absolute atomic E-state index is 0.0434. The van der Waals surface area contributed by atoms with Gasteiger partial charge in [-0.1, -0.05) is 26.0 Å². The molecule has 5 nitrogen and oxygen atoms in total. The van der Waals surface area contributed by atoms with E-state index in [4.69, 9.17) is 4.74 Å². The second-order valence-corrected chi connectivity index (χ2v) is 5.59. The second-order valence-electron chi connectivity index (χ2n) is 5.59. The van der Waals surface area contributed by atoms with Crippen LogP contribution in [0.1, 0.15) is 38.1 Å². The van der Waals surface area contributed by atoms with Gasteiger partial charge in [0.15, 0.2) is 11.6 Å². The first-order chi connectivity index (χ1) is 11.5. The average molecular weight is 331 g/mol. The van der Waals surface area contributed by atoms with Gasteiger partial charge in [0, 0.05) is 5.92 Å². The van der Waals surface area contributed by atoms with E-state index in [-0.39, 0.29) is 23.6 Å². The van der Waals surface area contributed by atoms with Crippen LogP contribution in [0.2, 0.25) is 0 Å². The van der Waals surface area contributed by atoms with Crippen LogP contribution in [-0.2, 0) is 4.79 Å². The van der Waals surface area contributed by atoms with E-state index in [1.165, 1.54) is 12.1 Å². The summed E-state index contributed by atoms with van der Waals surface area (Å²) in [5, 5.41) is 2.89. The third-order valence-corrected chi connectivity index (χ3v) is 3.89. The van der Waals surface area contributed by atoms with Crippen LogP contribution < -0.4 is 10.1 Å². The first-order valence-electron chi connectivity index (χ1n) is 8.04. The summed E-state index contributed by atoms with van der Waals surface area (Å²) >= 11 is 0. The number of rotatable bonds is 6. The Morgan fingerprint density at radius 3 is 2.29 bits per heavy atom. The second kappa shape index (κ2) is 7.86. The van der Waals surface area contributed by atoms with Crippen LogP contribution in [0.3, 0.4) is 0 Å². The van der Waals surface area contributed by atoms with E-state index in [0.29, 0.717) is 17.1 Å². The average Bonchev–Trinajstić information content (AvgIpc) is 2.54. The molecule has 2 rings (SSSR count). The molecule has 1 amide bonds. The Balaban J connectivity index is 2.22. The van der Waals surface area contributed by atoms with Crippen LogP contribution in [0.4, 0.5) is 10.1 Å². The highest BCUT2D eigenvalue weighted by atomic mass is 19.1. The van der Waals surface area contributed by atoms with Crippen molar-refractivity contribution in [3.63, 3.8) is 0 Å². The summed E-state index contributed by atoms with van der Waals surface area (Å²) in [5.41, 5.74) is 1.73. The van der Waals surface area contributed by atoms with Crippen molar-refractivity contribution >= 4 is 11.6 Å². The lowest BCUT2D eigenvalue weighted by atomic mass is 10.0. The highest BCUT2D eigenvalue weighted by Crippen LogP contribution is 2.25. The van der Waals surface area contributed by atoms with Crippen molar-refractivity contribution < 1.29 is 13.9 Å². The Hall–Kier alpha value is -2.50. The maximum Gasteiger partial charge on any atom is 0.322 e. The zero-order valence-electron chi connectivity index (χ0n) is 14.4. The summed E-state index contributed by atoms with van der Waals surface area (Å²) in [6.45, 7) is 7.47. The Morgan fingerprint density at radius 2 is 1.75 bits per heavy atom. The van der Waals surface area contributed by atoms with E-state index in [1.807, 2.05) is 13.8 Å². The number of halogens is 1. The van der Waals surface area contributed by atoms with Gasteiger partial charge in [0.25, 0.3) is 0 Å². The van der Waals surface area contributed by atoms with Crippen LogP contribution >= 0.6 is 0 Å². The maximum absolute atomic E-state index is 13.7. The number of hydrogen-bond donors (Lipinski definition) is 1. The lowest BCUT2D eigenvalue weighted by Gasteiger charge is -2.16. The predicted octanol–water partition coefficient (Wildman–Crippen LogP) is 4.40. The molecule has 24 heavy (non-hydrogen) atoms. The van der Waals surface area contributed by atoms with Gasteiger partial charge in [0.1, 0.15) is 0 Å². The minimum atomic E-state index is -0.484. The van der Waals surface area contributed by atoms with Crippen molar-refractivity contribution in [3.8, 4) is 11.8 Å². The third-order valence-electron chi connectivity index (χ3n) is 3.89. The van der Waals surface area contributed by atoms with Crippen molar-refractivity contribution in [1.29, 1.82) is 0 Å². The summed E-state index contributed by atoms with van der Waals surface area (Å²) in [6, 6.07) is 6.11. The molecule has 1 heterocycles. The molecule has 6 heteroatoms. The van der Waals surface area contributed by atoms with Gasteiger partial charge in [0.2, 0.25) is 5.91 Å². The Labute approximate surface area is 141 Å². The molecule has 1 aromatic carbocycles. The molecule has 0 bridgehead atoms. The molecule has 1 N–H and O–H groups in total. The molecule has 0 unspecified atom stereocenters. The Kier molecular flexibility index (Phi) is 5.84. The molecule has 0 aliphatic carbocycles. The number of carbonyl (C=O) groups is 1. The first-order valence-corrected chi connectivity index (χ1v) is 8.04. The van der Waals surface area contributed by atoms with Crippen molar-refractivity contribution in [2.45, 2.75) is 40.5 Å². The van der Waals surface area contributed by atoms with Crippen molar-refractivity contribution in [2.24, 2.45) is 5.92 Å². The topological polar surface area (TPSA) is 64.1 Å². The van der Waals surface area contributed by atoms with Crippen molar-refractivity contribution in [3.05, 3.63) is 41.5 Å². The molecule has 0 saturated carbocycles. The largest absolute Gasteiger partial charge is 0.421 e. The molecule has 128 valence electrons. The van der Waals surface area contributed by atoms with Gasteiger partial charge in [0.05, 0.1) is 17.1 Å². The number of amides is 1. The summed E-state index contributed by atoms with van der Waals surface area (Å²) in [7, 11) is 0. The summed E-state index contributed by atoms with van der Waals surface area (Å²) in [4.78, 5) is 20.7. The van der Waals surface area contributed by atoms with Gasteiger partial charge in [-0.25, -0.2) is 4.39 Å². The van der Waals surface area contributed by atoms with E-state index in [2.05, 4.69) is 15.3 Å². The quantitative estimate of drug-likeness (QED) is 0.852. The minimum Gasteiger partial charge on any atom is -0.421 e. The number of aromatic nitrogens is 2. The van der Waals surface area contributed by atoms with E-state index in [0.717, 1.165) is 12.8 Å². The predicted molar refractivity (Wildman–Crippen MR) is 90.7 cm³/mol. The van der Waals surface area contributed by atoms with Crippen LogP contribution in [0, 0.1) is 25.6 Å². The Bertz CT molecular complexity index is 707. The summed E-state index contributed by atoms with van der Waals surface area (Å²) in [6.07, 6.45) is 1.55. The number of aryl methyl sites for hydroxylation is 2. The molecule has 1 aromatic heterocycles. The molecule has 0 aliphatic rings. The molecule has 0 aliphatic heterocycles. The standard InChI is InChI=1S/C18H22FN3O2/c1-5-13(6-2)17(23)22-16-11(3)20-18(21-12(16)4)24-15-10-8-7-9-14(15)19/h7-10,13H,5-6H2,1-4H3,(H,22,23). The van der Waals surface area contributed by atoms with Gasteiger partial charge in [-0.05, 0) is 38.8 Å². The lowest BCUT2D eigenvalue weighted by molar-refractivity contribution is -0.120. The zero-order valence-corrected chi connectivity index (χ0v) is 14.4. The molecule has 0 radical (unpaired) electrons. The molecular weight excluding hydrogens is 309 g/mol. The van der Waals surface area contributed by atoms with E-state index in [1.54, 1.807) is 26.0 Å². The summed E-state index contributed by atoms with van der Waals surface area (Å²) in [5.74, 6) is -0.511. The zero-order chi connectivity index (χ0) is 17.7. The molecular formula is C18H22FN3O2. The highest BCUT2D eigenvalue weighted by molar-refractivity contribution is 5.93. The molecule has 0 saturated heterocycles. The van der Waals surface area contributed by atoms with Gasteiger partial charge in [-0.2, -0.15) is 9.97 Å². The van der Waals surface area contributed by atoms with Crippen LogP contribution in [0.15, 0.2) is 24.3 Å². The normalized spacial score (nSPS) is 10.8. The smallest absolute Gasteiger partial charge is 0.322 e. The van der Waals surface area contributed by atoms with Crippen LogP contribution in [0.25, 0.3) is 0 Å². The molecule has 0 atom stereocenters. The number of carbonyl (C=O) groups excluding carboxylic acids is 1.